The molecule has 1 aromatic carbocycles. The Balaban J connectivity index is 1.51. The second kappa shape index (κ2) is 8.02. The number of nitrogens with one attached hydrogen (secondary N) is 2. The number of fused-ring (bicyclic) bond motifs is 1. The topological polar surface area (TPSA) is 87.7 Å². The molecule has 2 saturated heterocycles. The standard InChI is InChI=1S/C25H26FN3O4S/c1-24(2,3)28-22(31)20-25-11-10-17(33-25)18(21(30)27-16-9-5-4-8-15(16)26)19(25)23(32)29(20)13-14-7-6-12-34-14/h4-12,17-20H,13H2,1-3H3,(H,27,30)(H,28,31)/t17-,18-,19+,20+,25+/m1/s1. The van der Waals surface area contributed by atoms with E-state index >= 15 is 0 Å². The van der Waals surface area contributed by atoms with Crippen molar-refractivity contribution in [2.75, 3.05) is 5.32 Å². The van der Waals surface area contributed by atoms with E-state index in [1.807, 2.05) is 38.3 Å². The Bertz CT molecular complexity index is 1180. The predicted octanol–water partition coefficient (Wildman–Crippen LogP) is 3.09. The molecule has 5 atom stereocenters. The van der Waals surface area contributed by atoms with Gasteiger partial charge in [0.2, 0.25) is 17.7 Å². The maximum absolute atomic E-state index is 14.2. The molecule has 3 aliphatic rings. The summed E-state index contributed by atoms with van der Waals surface area (Å²) in [6, 6.07) is 8.73. The summed E-state index contributed by atoms with van der Waals surface area (Å²) in [7, 11) is 0. The van der Waals surface area contributed by atoms with Gasteiger partial charge < -0.3 is 20.3 Å². The molecule has 0 saturated carbocycles. The average molecular weight is 484 g/mol. The van der Waals surface area contributed by atoms with E-state index in [1.54, 1.807) is 18.2 Å². The second-order valence-electron chi connectivity index (χ2n) is 9.95. The molecule has 5 rings (SSSR count). The molecule has 2 aromatic rings. The Morgan fingerprint density at radius 2 is 1.94 bits per heavy atom. The van der Waals surface area contributed by atoms with Crippen LogP contribution in [0, 0.1) is 17.7 Å². The van der Waals surface area contributed by atoms with Gasteiger partial charge in [0.25, 0.3) is 0 Å². The summed E-state index contributed by atoms with van der Waals surface area (Å²) >= 11 is 1.49. The number of likely N-dealkylation sites (tertiary alicyclic amines) is 1. The molecule has 3 aliphatic heterocycles. The molecule has 2 N–H and O–H groups in total. The lowest BCUT2D eigenvalue weighted by molar-refractivity contribution is -0.142. The molecule has 4 heterocycles. The van der Waals surface area contributed by atoms with Gasteiger partial charge in [0.15, 0.2) is 0 Å². The van der Waals surface area contributed by atoms with E-state index in [-0.39, 0.29) is 24.0 Å². The van der Waals surface area contributed by atoms with E-state index in [4.69, 9.17) is 4.74 Å². The highest BCUT2D eigenvalue weighted by atomic mass is 32.1. The SMILES string of the molecule is CC(C)(C)NC(=O)[C@@H]1N(Cc2cccs2)C(=O)[C@@H]2[C@H](C(=O)Nc3ccccc3F)[C@H]3C=C[C@]21O3. The van der Waals surface area contributed by atoms with Gasteiger partial charge in [-0.25, -0.2) is 4.39 Å². The molecule has 7 nitrogen and oxygen atoms in total. The number of ether oxygens (including phenoxy) is 1. The van der Waals surface area contributed by atoms with E-state index in [0.717, 1.165) is 4.88 Å². The van der Waals surface area contributed by atoms with Crippen LogP contribution >= 0.6 is 11.3 Å². The summed E-state index contributed by atoms with van der Waals surface area (Å²) in [6.07, 6.45) is 2.82. The van der Waals surface area contributed by atoms with Gasteiger partial charge in [-0.15, -0.1) is 11.3 Å². The number of nitrogens with zero attached hydrogens (tertiary/aromatic N) is 1. The lowest BCUT2D eigenvalue weighted by Crippen LogP contribution is -2.57. The van der Waals surface area contributed by atoms with Gasteiger partial charge in [0, 0.05) is 10.4 Å². The minimum absolute atomic E-state index is 0.0382. The van der Waals surface area contributed by atoms with Crippen LogP contribution in [0.3, 0.4) is 0 Å². The highest BCUT2D eigenvalue weighted by Gasteiger charge is 2.72. The number of hydrogen-bond donors (Lipinski definition) is 2. The predicted molar refractivity (Wildman–Crippen MR) is 125 cm³/mol. The Labute approximate surface area is 201 Å². The zero-order valence-electron chi connectivity index (χ0n) is 19.1. The monoisotopic (exact) mass is 483 g/mol. The lowest BCUT2D eigenvalue weighted by atomic mass is 9.74. The number of carbonyl (C=O) groups excluding carboxylic acids is 3. The molecule has 0 aliphatic carbocycles. The number of halogens is 1. The summed E-state index contributed by atoms with van der Waals surface area (Å²) in [4.78, 5) is 43.1. The van der Waals surface area contributed by atoms with Crippen molar-refractivity contribution in [2.45, 2.75) is 50.6 Å². The first-order valence-corrected chi connectivity index (χ1v) is 12.1. The fourth-order valence-corrected chi connectivity index (χ4v) is 5.93. The first-order chi connectivity index (χ1) is 16.1. The number of thiophene rings is 1. The minimum atomic E-state index is -1.26. The van der Waals surface area contributed by atoms with E-state index in [9.17, 15) is 18.8 Å². The van der Waals surface area contributed by atoms with Gasteiger partial charge >= 0.3 is 0 Å². The number of amides is 3. The highest BCUT2D eigenvalue weighted by molar-refractivity contribution is 7.09. The molecule has 34 heavy (non-hydrogen) atoms. The lowest BCUT2D eigenvalue weighted by Gasteiger charge is -2.34. The van der Waals surface area contributed by atoms with Crippen molar-refractivity contribution >= 4 is 34.7 Å². The fraction of sp³-hybridized carbons (Fsp3) is 0.400. The van der Waals surface area contributed by atoms with Crippen LogP contribution in [0.25, 0.3) is 0 Å². The van der Waals surface area contributed by atoms with Crippen LogP contribution in [0.2, 0.25) is 0 Å². The highest BCUT2D eigenvalue weighted by Crippen LogP contribution is 2.55. The number of benzene rings is 1. The summed E-state index contributed by atoms with van der Waals surface area (Å²) < 4.78 is 20.4. The van der Waals surface area contributed by atoms with Crippen molar-refractivity contribution < 1.29 is 23.5 Å². The Morgan fingerprint density at radius 1 is 1.18 bits per heavy atom. The van der Waals surface area contributed by atoms with Crippen LogP contribution in [-0.2, 0) is 25.7 Å². The normalized spacial score (nSPS) is 29.4. The summed E-state index contributed by atoms with van der Waals surface area (Å²) in [5, 5.41) is 7.50. The van der Waals surface area contributed by atoms with Crippen LogP contribution < -0.4 is 10.6 Å². The van der Waals surface area contributed by atoms with Crippen molar-refractivity contribution in [3.05, 3.63) is 64.6 Å². The maximum Gasteiger partial charge on any atom is 0.246 e. The zero-order chi connectivity index (χ0) is 24.3. The molecule has 0 unspecified atom stereocenters. The van der Waals surface area contributed by atoms with E-state index < -0.39 is 46.8 Å². The van der Waals surface area contributed by atoms with Gasteiger partial charge in [-0.05, 0) is 44.4 Å². The van der Waals surface area contributed by atoms with E-state index in [1.165, 1.54) is 34.4 Å². The Kier molecular flexibility index (Phi) is 5.37. The third kappa shape index (κ3) is 3.63. The zero-order valence-corrected chi connectivity index (χ0v) is 19.9. The third-order valence-electron chi connectivity index (χ3n) is 6.46. The number of para-hydroxylation sites is 1. The van der Waals surface area contributed by atoms with Crippen molar-refractivity contribution in [1.29, 1.82) is 0 Å². The average Bonchev–Trinajstić information content (AvgIpc) is 3.51. The Morgan fingerprint density at radius 3 is 2.62 bits per heavy atom. The Hall–Kier alpha value is -3.04. The largest absolute Gasteiger partial charge is 0.359 e. The van der Waals surface area contributed by atoms with Gasteiger partial charge in [-0.2, -0.15) is 0 Å². The maximum atomic E-state index is 14.2. The minimum Gasteiger partial charge on any atom is -0.359 e. The van der Waals surface area contributed by atoms with Crippen LogP contribution in [-0.4, -0.2) is 45.9 Å². The third-order valence-corrected chi connectivity index (χ3v) is 7.32. The first-order valence-electron chi connectivity index (χ1n) is 11.2. The van der Waals surface area contributed by atoms with Crippen molar-refractivity contribution in [3.8, 4) is 0 Å². The molecule has 1 aromatic heterocycles. The van der Waals surface area contributed by atoms with E-state index in [2.05, 4.69) is 10.6 Å². The summed E-state index contributed by atoms with van der Waals surface area (Å²) in [5.74, 6) is -3.49. The van der Waals surface area contributed by atoms with E-state index in [0.29, 0.717) is 0 Å². The molecular weight excluding hydrogens is 457 g/mol. The quantitative estimate of drug-likeness (QED) is 0.640. The smallest absolute Gasteiger partial charge is 0.246 e. The summed E-state index contributed by atoms with van der Waals surface area (Å²) in [5.41, 5.74) is -1.74. The number of anilines is 1. The van der Waals surface area contributed by atoms with Crippen molar-refractivity contribution in [3.63, 3.8) is 0 Å². The second-order valence-corrected chi connectivity index (χ2v) is 11.0. The molecule has 0 radical (unpaired) electrons. The van der Waals surface area contributed by atoms with Gasteiger partial charge in [0.1, 0.15) is 17.5 Å². The summed E-state index contributed by atoms with van der Waals surface area (Å²) in [6.45, 7) is 5.84. The molecular formula is C25H26FN3O4S. The van der Waals surface area contributed by atoms with Crippen molar-refractivity contribution in [1.82, 2.24) is 10.2 Å². The van der Waals surface area contributed by atoms with Crippen LogP contribution in [0.5, 0.6) is 0 Å². The molecule has 9 heteroatoms. The molecule has 2 bridgehead atoms. The fourth-order valence-electron chi connectivity index (χ4n) is 5.22. The number of hydrogen-bond acceptors (Lipinski definition) is 5. The van der Waals surface area contributed by atoms with Gasteiger partial charge in [0.05, 0.1) is 30.2 Å². The molecule has 3 amide bonds. The first kappa shape index (κ1) is 22.7. The van der Waals surface area contributed by atoms with Crippen LogP contribution in [0.1, 0.15) is 25.6 Å². The number of rotatable bonds is 5. The van der Waals surface area contributed by atoms with Gasteiger partial charge in [-0.1, -0.05) is 30.4 Å². The molecule has 1 spiro atoms. The number of carbonyl (C=O) groups is 3. The van der Waals surface area contributed by atoms with Crippen molar-refractivity contribution in [2.24, 2.45) is 11.8 Å². The molecule has 2 fully saturated rings. The molecule has 178 valence electrons. The van der Waals surface area contributed by atoms with Crippen LogP contribution in [0.4, 0.5) is 10.1 Å². The van der Waals surface area contributed by atoms with Crippen LogP contribution in [0.15, 0.2) is 53.9 Å². The van der Waals surface area contributed by atoms with Gasteiger partial charge in [-0.3, -0.25) is 14.4 Å².